The molecular weight excluding hydrogens is 218 g/mol. The minimum absolute atomic E-state index is 0.113. The van der Waals surface area contributed by atoms with Gasteiger partial charge in [0, 0.05) is 12.6 Å². The maximum Gasteiger partial charge on any atom is 0.325 e. The lowest BCUT2D eigenvalue weighted by Crippen LogP contribution is -2.41. The van der Waals surface area contributed by atoms with Crippen LogP contribution in [-0.2, 0) is 4.79 Å². The molecule has 0 bridgehead atoms. The minimum Gasteiger partial charge on any atom is -0.324 e. The van der Waals surface area contributed by atoms with E-state index in [9.17, 15) is 9.59 Å². The average molecular weight is 239 g/mol. The van der Waals surface area contributed by atoms with Crippen molar-refractivity contribution in [3.63, 3.8) is 0 Å². The van der Waals surface area contributed by atoms with E-state index in [1.165, 1.54) is 17.7 Å². The standard InChI is InChI=1S/C12H21N3O2/c1-12(2)10(16)15(11(17)14-12)8-6-9-5-3-4-7-13-9/h9,13H,3-8H2,1-2H3,(H,14,17). The fraction of sp³-hybridized carbons (Fsp3) is 0.833. The normalized spacial score (nSPS) is 28.4. The van der Waals surface area contributed by atoms with E-state index in [2.05, 4.69) is 10.6 Å². The molecule has 2 aliphatic heterocycles. The highest BCUT2D eigenvalue weighted by Crippen LogP contribution is 2.18. The number of imide groups is 1. The van der Waals surface area contributed by atoms with Crippen LogP contribution in [0.4, 0.5) is 4.79 Å². The Morgan fingerprint density at radius 2 is 2.12 bits per heavy atom. The van der Waals surface area contributed by atoms with E-state index in [-0.39, 0.29) is 11.9 Å². The van der Waals surface area contributed by atoms with Crippen molar-refractivity contribution < 1.29 is 9.59 Å². The van der Waals surface area contributed by atoms with E-state index < -0.39 is 5.54 Å². The van der Waals surface area contributed by atoms with Crippen molar-refractivity contribution in [3.05, 3.63) is 0 Å². The van der Waals surface area contributed by atoms with Gasteiger partial charge in [-0.15, -0.1) is 0 Å². The first-order chi connectivity index (χ1) is 8.00. The van der Waals surface area contributed by atoms with Crippen molar-refractivity contribution in [2.24, 2.45) is 0 Å². The van der Waals surface area contributed by atoms with Crippen molar-refractivity contribution in [2.45, 2.75) is 51.1 Å². The Bertz CT molecular complexity index is 322. The number of hydrogen-bond donors (Lipinski definition) is 2. The Hall–Kier alpha value is -1.10. The van der Waals surface area contributed by atoms with Gasteiger partial charge in [0.15, 0.2) is 0 Å². The summed E-state index contributed by atoms with van der Waals surface area (Å²) in [5, 5.41) is 6.12. The van der Waals surface area contributed by atoms with Crippen molar-refractivity contribution in [1.82, 2.24) is 15.5 Å². The van der Waals surface area contributed by atoms with Crippen LogP contribution in [0.2, 0.25) is 0 Å². The van der Waals surface area contributed by atoms with Crippen molar-refractivity contribution >= 4 is 11.9 Å². The quantitative estimate of drug-likeness (QED) is 0.718. The maximum atomic E-state index is 11.9. The first-order valence-electron chi connectivity index (χ1n) is 6.38. The van der Waals surface area contributed by atoms with Crippen LogP contribution in [0.25, 0.3) is 0 Å². The Kier molecular flexibility index (Phi) is 3.38. The molecule has 3 amide bonds. The SMILES string of the molecule is CC1(C)NC(=O)N(CCC2CCCCN2)C1=O. The summed E-state index contributed by atoms with van der Waals surface area (Å²) in [6.07, 6.45) is 4.47. The summed E-state index contributed by atoms with van der Waals surface area (Å²) in [4.78, 5) is 24.9. The molecule has 1 unspecified atom stereocenters. The summed E-state index contributed by atoms with van der Waals surface area (Å²) in [6, 6.07) is 0.198. The number of nitrogens with one attached hydrogen (secondary N) is 2. The molecule has 17 heavy (non-hydrogen) atoms. The number of amides is 3. The zero-order chi connectivity index (χ0) is 12.5. The van der Waals surface area contributed by atoms with Crippen LogP contribution in [0.5, 0.6) is 0 Å². The Balaban J connectivity index is 1.86. The van der Waals surface area contributed by atoms with E-state index in [0.29, 0.717) is 12.6 Å². The summed E-state index contributed by atoms with van der Waals surface area (Å²) < 4.78 is 0. The third-order valence-corrected chi connectivity index (χ3v) is 3.56. The molecule has 2 aliphatic rings. The number of carbonyl (C=O) groups excluding carboxylic acids is 2. The minimum atomic E-state index is -0.739. The molecule has 2 saturated heterocycles. The fourth-order valence-corrected chi connectivity index (χ4v) is 2.48. The van der Waals surface area contributed by atoms with E-state index in [4.69, 9.17) is 0 Å². The zero-order valence-electron chi connectivity index (χ0n) is 10.6. The molecule has 5 heteroatoms. The van der Waals surface area contributed by atoms with E-state index >= 15 is 0 Å². The molecule has 2 heterocycles. The Morgan fingerprint density at radius 3 is 2.65 bits per heavy atom. The predicted molar refractivity (Wildman–Crippen MR) is 64.6 cm³/mol. The van der Waals surface area contributed by atoms with Gasteiger partial charge in [-0.2, -0.15) is 0 Å². The Labute approximate surface area is 102 Å². The van der Waals surface area contributed by atoms with Gasteiger partial charge in [-0.25, -0.2) is 4.79 Å². The molecule has 5 nitrogen and oxygen atoms in total. The highest BCUT2D eigenvalue weighted by atomic mass is 16.2. The lowest BCUT2D eigenvalue weighted by atomic mass is 10.0. The van der Waals surface area contributed by atoms with Crippen LogP contribution >= 0.6 is 0 Å². The van der Waals surface area contributed by atoms with E-state index in [1.54, 1.807) is 13.8 Å². The molecule has 0 aromatic heterocycles. The number of nitrogens with zero attached hydrogens (tertiary/aromatic N) is 1. The molecule has 0 aromatic carbocycles. The van der Waals surface area contributed by atoms with Crippen LogP contribution in [0.1, 0.15) is 39.5 Å². The number of hydrogen-bond acceptors (Lipinski definition) is 3. The molecule has 2 fully saturated rings. The third kappa shape index (κ3) is 2.60. The second-order valence-electron chi connectivity index (χ2n) is 5.45. The Morgan fingerprint density at radius 1 is 1.35 bits per heavy atom. The molecule has 2 N–H and O–H groups in total. The van der Waals surface area contributed by atoms with Crippen molar-refractivity contribution in [1.29, 1.82) is 0 Å². The van der Waals surface area contributed by atoms with Gasteiger partial charge < -0.3 is 10.6 Å². The van der Waals surface area contributed by atoms with Crippen LogP contribution in [0.3, 0.4) is 0 Å². The van der Waals surface area contributed by atoms with Crippen molar-refractivity contribution in [3.8, 4) is 0 Å². The average Bonchev–Trinajstić information content (AvgIpc) is 2.48. The monoisotopic (exact) mass is 239 g/mol. The molecule has 0 radical (unpaired) electrons. The predicted octanol–water partition coefficient (Wildman–Crippen LogP) is 0.849. The second-order valence-corrected chi connectivity index (χ2v) is 5.45. The summed E-state index contributed by atoms with van der Waals surface area (Å²) in [5.41, 5.74) is -0.739. The van der Waals surface area contributed by atoms with Crippen LogP contribution in [0.15, 0.2) is 0 Å². The zero-order valence-corrected chi connectivity index (χ0v) is 10.6. The number of rotatable bonds is 3. The summed E-state index contributed by atoms with van der Waals surface area (Å²) in [5.74, 6) is -0.113. The molecule has 0 saturated carbocycles. The maximum absolute atomic E-state index is 11.9. The van der Waals surface area contributed by atoms with Gasteiger partial charge >= 0.3 is 6.03 Å². The lowest BCUT2D eigenvalue weighted by molar-refractivity contribution is -0.130. The van der Waals surface area contributed by atoms with Gasteiger partial charge in [0.1, 0.15) is 5.54 Å². The third-order valence-electron chi connectivity index (χ3n) is 3.56. The highest BCUT2D eigenvalue weighted by molar-refractivity contribution is 6.06. The van der Waals surface area contributed by atoms with E-state index in [1.807, 2.05) is 0 Å². The molecular formula is C12H21N3O2. The van der Waals surface area contributed by atoms with Gasteiger partial charge in [0.2, 0.25) is 0 Å². The fourth-order valence-electron chi connectivity index (χ4n) is 2.48. The molecule has 0 aliphatic carbocycles. The van der Waals surface area contributed by atoms with Gasteiger partial charge in [-0.05, 0) is 39.7 Å². The van der Waals surface area contributed by atoms with E-state index in [0.717, 1.165) is 19.4 Å². The second kappa shape index (κ2) is 4.64. The topological polar surface area (TPSA) is 61.4 Å². The van der Waals surface area contributed by atoms with Crippen LogP contribution in [0, 0.1) is 0 Å². The highest BCUT2D eigenvalue weighted by Gasteiger charge is 2.43. The molecule has 1 atom stereocenters. The molecule has 0 spiro atoms. The van der Waals surface area contributed by atoms with Crippen molar-refractivity contribution in [2.75, 3.05) is 13.1 Å². The lowest BCUT2D eigenvalue weighted by Gasteiger charge is -2.25. The molecule has 96 valence electrons. The first-order valence-corrected chi connectivity index (χ1v) is 6.38. The largest absolute Gasteiger partial charge is 0.325 e. The first kappa shape index (κ1) is 12.4. The number of piperidine rings is 1. The number of urea groups is 1. The summed E-state index contributed by atoms with van der Waals surface area (Å²) in [6.45, 7) is 5.06. The smallest absolute Gasteiger partial charge is 0.324 e. The number of carbonyl (C=O) groups is 2. The van der Waals surface area contributed by atoms with Crippen LogP contribution in [-0.4, -0.2) is 41.5 Å². The van der Waals surface area contributed by atoms with Gasteiger partial charge in [0.05, 0.1) is 0 Å². The van der Waals surface area contributed by atoms with Gasteiger partial charge in [-0.1, -0.05) is 6.42 Å². The van der Waals surface area contributed by atoms with Gasteiger partial charge in [-0.3, -0.25) is 9.69 Å². The molecule has 0 aromatic rings. The molecule has 2 rings (SSSR count). The summed E-state index contributed by atoms with van der Waals surface area (Å²) in [7, 11) is 0. The van der Waals surface area contributed by atoms with Gasteiger partial charge in [0.25, 0.3) is 5.91 Å². The summed E-state index contributed by atoms with van der Waals surface area (Å²) >= 11 is 0. The van der Waals surface area contributed by atoms with Crippen LogP contribution < -0.4 is 10.6 Å².